The van der Waals surface area contributed by atoms with Crippen molar-refractivity contribution in [2.45, 2.75) is 24.1 Å². The van der Waals surface area contributed by atoms with Crippen molar-refractivity contribution in [3.63, 3.8) is 0 Å². The highest BCUT2D eigenvalue weighted by Gasteiger charge is 2.29. The minimum absolute atomic E-state index is 0.177. The molecule has 0 aromatic rings. The fraction of sp³-hybridized carbons (Fsp3) is 0.444. The molecule has 0 bridgehead atoms. The molecule has 0 heterocycles. The third-order valence-electron chi connectivity index (χ3n) is 1.83. The first-order chi connectivity index (χ1) is 5.56. The van der Waals surface area contributed by atoms with Crippen LogP contribution < -0.4 is 0 Å². The molecular formula is C9H9BrFN. The maximum Gasteiger partial charge on any atom is 0.117 e. The zero-order chi connectivity index (χ0) is 9.19. The van der Waals surface area contributed by atoms with Gasteiger partial charge in [-0.05, 0) is 19.4 Å². The molecule has 0 fully saturated rings. The molecule has 0 spiro atoms. The van der Waals surface area contributed by atoms with Crippen LogP contribution in [0.5, 0.6) is 0 Å². The van der Waals surface area contributed by atoms with Crippen molar-refractivity contribution < 1.29 is 4.39 Å². The van der Waals surface area contributed by atoms with E-state index in [1.807, 2.05) is 6.07 Å². The highest BCUT2D eigenvalue weighted by molar-refractivity contribution is 9.10. The van der Waals surface area contributed by atoms with Crippen LogP contribution in [0.1, 0.15) is 19.8 Å². The quantitative estimate of drug-likeness (QED) is 0.634. The lowest BCUT2D eigenvalue weighted by Crippen LogP contribution is -2.19. The molecular weight excluding hydrogens is 221 g/mol. The molecule has 0 amide bonds. The number of allylic oxidation sites excluding steroid dienone is 4. The van der Waals surface area contributed by atoms with Crippen LogP contribution in [0.2, 0.25) is 0 Å². The lowest BCUT2D eigenvalue weighted by Gasteiger charge is -2.24. The number of alkyl halides is 1. The van der Waals surface area contributed by atoms with Gasteiger partial charge in [0.15, 0.2) is 0 Å². The second kappa shape index (κ2) is 3.40. The summed E-state index contributed by atoms with van der Waals surface area (Å²) < 4.78 is 12.5. The van der Waals surface area contributed by atoms with Crippen molar-refractivity contribution in [1.29, 1.82) is 5.26 Å². The van der Waals surface area contributed by atoms with Gasteiger partial charge in [-0.1, -0.05) is 27.6 Å². The zero-order valence-electron chi connectivity index (χ0n) is 6.77. The van der Waals surface area contributed by atoms with Crippen molar-refractivity contribution >= 4 is 15.9 Å². The van der Waals surface area contributed by atoms with Crippen molar-refractivity contribution in [2.24, 2.45) is 0 Å². The number of hydrogen-bond acceptors (Lipinski definition) is 1. The Balaban J connectivity index is 2.82. The fourth-order valence-corrected chi connectivity index (χ4v) is 1.65. The van der Waals surface area contributed by atoms with Crippen molar-refractivity contribution in [1.82, 2.24) is 0 Å². The predicted octanol–water partition coefficient (Wildman–Crippen LogP) is 3.24. The number of halogens is 2. The standard InChI is InChI=1S/C9H9BrFN/c1-9(10)6-7(4-5-12)2-3-8(9)11/h2-3H,4,6H2,1H3. The molecule has 0 radical (unpaired) electrons. The van der Waals surface area contributed by atoms with E-state index in [1.54, 1.807) is 13.0 Å². The zero-order valence-corrected chi connectivity index (χ0v) is 8.36. The van der Waals surface area contributed by atoms with E-state index in [9.17, 15) is 4.39 Å². The molecule has 1 unspecified atom stereocenters. The fourth-order valence-electron chi connectivity index (χ4n) is 1.16. The molecule has 1 nitrogen and oxygen atoms in total. The molecule has 1 aliphatic carbocycles. The molecule has 1 rings (SSSR count). The van der Waals surface area contributed by atoms with E-state index in [2.05, 4.69) is 15.9 Å². The number of rotatable bonds is 1. The Morgan fingerprint density at radius 2 is 2.42 bits per heavy atom. The van der Waals surface area contributed by atoms with Crippen LogP contribution in [-0.4, -0.2) is 4.32 Å². The first-order valence-electron chi connectivity index (χ1n) is 3.68. The summed E-state index contributed by atoms with van der Waals surface area (Å²) in [6.45, 7) is 1.77. The highest BCUT2D eigenvalue weighted by Crippen LogP contribution is 2.38. The third-order valence-corrected chi connectivity index (χ3v) is 2.49. The van der Waals surface area contributed by atoms with Crippen LogP contribution >= 0.6 is 15.9 Å². The number of nitrogens with zero attached hydrogens (tertiary/aromatic N) is 1. The monoisotopic (exact) mass is 229 g/mol. The third kappa shape index (κ3) is 1.95. The summed E-state index contributed by atoms with van der Waals surface area (Å²) in [5, 5.41) is 8.43. The van der Waals surface area contributed by atoms with Gasteiger partial charge in [-0.15, -0.1) is 0 Å². The average molecular weight is 230 g/mol. The minimum atomic E-state index is -0.603. The van der Waals surface area contributed by atoms with Gasteiger partial charge in [-0.2, -0.15) is 5.26 Å². The van der Waals surface area contributed by atoms with Gasteiger partial charge in [-0.3, -0.25) is 0 Å². The molecule has 0 saturated heterocycles. The second-order valence-corrected chi connectivity index (χ2v) is 4.80. The van der Waals surface area contributed by atoms with Crippen molar-refractivity contribution in [3.8, 4) is 6.07 Å². The summed E-state index contributed by atoms with van der Waals surface area (Å²) in [6.07, 6.45) is 4.06. The lowest BCUT2D eigenvalue weighted by molar-refractivity contribution is 0.519. The van der Waals surface area contributed by atoms with Gasteiger partial charge in [0.2, 0.25) is 0 Å². The molecule has 1 atom stereocenters. The van der Waals surface area contributed by atoms with Gasteiger partial charge in [0, 0.05) is 0 Å². The van der Waals surface area contributed by atoms with Gasteiger partial charge in [0.1, 0.15) is 5.83 Å². The molecule has 12 heavy (non-hydrogen) atoms. The Bertz CT molecular complexity index is 283. The summed E-state index contributed by atoms with van der Waals surface area (Å²) in [6, 6.07) is 2.05. The molecule has 1 aliphatic rings. The largest absolute Gasteiger partial charge is 0.210 e. The predicted molar refractivity (Wildman–Crippen MR) is 49.5 cm³/mol. The van der Waals surface area contributed by atoms with Crippen LogP contribution in [-0.2, 0) is 0 Å². The summed E-state index contributed by atoms with van der Waals surface area (Å²) >= 11 is 3.27. The summed E-state index contributed by atoms with van der Waals surface area (Å²) in [4.78, 5) is 0. The Morgan fingerprint density at radius 3 is 2.92 bits per heavy atom. The van der Waals surface area contributed by atoms with E-state index in [0.717, 1.165) is 5.57 Å². The molecule has 0 aromatic carbocycles. The Morgan fingerprint density at radius 1 is 1.75 bits per heavy atom. The average Bonchev–Trinajstić information content (AvgIpc) is 1.97. The van der Waals surface area contributed by atoms with Gasteiger partial charge in [0.05, 0.1) is 16.8 Å². The summed E-state index contributed by atoms with van der Waals surface area (Å²) in [5.41, 5.74) is 0.971. The van der Waals surface area contributed by atoms with E-state index in [1.165, 1.54) is 6.08 Å². The normalized spacial score (nSPS) is 28.8. The van der Waals surface area contributed by atoms with Gasteiger partial charge >= 0.3 is 0 Å². The smallest absolute Gasteiger partial charge is 0.117 e. The molecule has 0 aliphatic heterocycles. The van der Waals surface area contributed by atoms with Crippen LogP contribution in [0.3, 0.4) is 0 Å². The van der Waals surface area contributed by atoms with E-state index < -0.39 is 4.32 Å². The maximum atomic E-state index is 13.1. The van der Waals surface area contributed by atoms with Crippen LogP contribution in [0.25, 0.3) is 0 Å². The van der Waals surface area contributed by atoms with E-state index >= 15 is 0 Å². The SMILES string of the molecule is CC1(Br)CC(CC#N)=CC=C1F. The Hall–Kier alpha value is -0.620. The minimum Gasteiger partial charge on any atom is -0.210 e. The Labute approximate surface area is 79.7 Å². The van der Waals surface area contributed by atoms with Gasteiger partial charge in [0.25, 0.3) is 0 Å². The molecule has 0 N–H and O–H groups in total. The summed E-state index contributed by atoms with van der Waals surface area (Å²) in [5.74, 6) is -0.177. The second-order valence-electron chi connectivity index (χ2n) is 3.05. The van der Waals surface area contributed by atoms with Crippen molar-refractivity contribution in [2.75, 3.05) is 0 Å². The topological polar surface area (TPSA) is 23.8 Å². The molecule has 64 valence electrons. The van der Waals surface area contributed by atoms with Gasteiger partial charge in [-0.25, -0.2) is 4.39 Å². The molecule has 0 saturated carbocycles. The number of hydrogen-bond donors (Lipinski definition) is 0. The summed E-state index contributed by atoms with van der Waals surface area (Å²) in [7, 11) is 0. The maximum absolute atomic E-state index is 13.1. The first kappa shape index (κ1) is 9.47. The molecule has 3 heteroatoms. The number of nitriles is 1. The first-order valence-corrected chi connectivity index (χ1v) is 4.47. The highest BCUT2D eigenvalue weighted by atomic mass is 79.9. The van der Waals surface area contributed by atoms with Crippen molar-refractivity contribution in [3.05, 3.63) is 23.6 Å². The lowest BCUT2D eigenvalue weighted by atomic mass is 9.93. The van der Waals surface area contributed by atoms with Crippen LogP contribution in [0.4, 0.5) is 4.39 Å². The van der Waals surface area contributed by atoms with Gasteiger partial charge < -0.3 is 0 Å². The van der Waals surface area contributed by atoms with E-state index in [0.29, 0.717) is 12.8 Å². The van der Waals surface area contributed by atoms with Crippen LogP contribution in [0.15, 0.2) is 23.6 Å². The van der Waals surface area contributed by atoms with E-state index in [4.69, 9.17) is 5.26 Å². The van der Waals surface area contributed by atoms with Crippen LogP contribution in [0, 0.1) is 11.3 Å². The Kier molecular flexibility index (Phi) is 2.69. The van der Waals surface area contributed by atoms with E-state index in [-0.39, 0.29) is 5.83 Å². The molecule has 0 aromatic heterocycles.